The molecule has 0 fully saturated rings. The van der Waals surface area contributed by atoms with Crippen molar-refractivity contribution >= 4 is 33.2 Å². The van der Waals surface area contributed by atoms with Crippen LogP contribution in [0.2, 0.25) is 0 Å². The number of ether oxygens (including phenoxy) is 1. The quantitative estimate of drug-likeness (QED) is 0.646. The largest absolute Gasteiger partial charge is 0.481 e. The van der Waals surface area contributed by atoms with E-state index in [-0.39, 0.29) is 11.6 Å². The molecular weight excluding hydrogens is 352 g/mol. The summed E-state index contributed by atoms with van der Waals surface area (Å²) < 4.78 is 6.38. The number of amides is 1. The minimum absolute atomic E-state index is 0.0284. The molecule has 0 spiro atoms. The summed E-state index contributed by atoms with van der Waals surface area (Å²) in [4.78, 5) is 22.1. The number of carbonyl (C=O) groups is 1. The summed E-state index contributed by atoms with van der Waals surface area (Å²) in [5.41, 5.74) is 0.631. The van der Waals surface area contributed by atoms with E-state index in [1.807, 2.05) is 12.1 Å². The highest BCUT2D eigenvalue weighted by Crippen LogP contribution is 2.19. The Hall–Kier alpha value is -2.41. The molecule has 7 heteroatoms. The number of rotatable bonds is 5. The summed E-state index contributed by atoms with van der Waals surface area (Å²) in [5, 5.41) is 13.3. The smallest absolute Gasteiger partial charge is 0.269 e. The van der Waals surface area contributed by atoms with Gasteiger partial charge >= 0.3 is 0 Å². The number of nitrogens with one attached hydrogen (secondary N) is 1. The molecule has 0 heterocycles. The van der Waals surface area contributed by atoms with E-state index >= 15 is 0 Å². The lowest BCUT2D eigenvalue weighted by Gasteiger charge is -2.14. The van der Waals surface area contributed by atoms with E-state index in [2.05, 4.69) is 21.2 Å². The third-order valence-electron chi connectivity index (χ3n) is 2.84. The zero-order valence-corrected chi connectivity index (χ0v) is 13.2. The normalized spacial score (nSPS) is 11.5. The molecule has 2 aromatic carbocycles. The fourth-order valence-electron chi connectivity index (χ4n) is 1.68. The Kier molecular flexibility index (Phi) is 5.11. The third-order valence-corrected chi connectivity index (χ3v) is 3.37. The maximum atomic E-state index is 12.0. The Morgan fingerprint density at radius 3 is 2.32 bits per heavy atom. The third kappa shape index (κ3) is 4.29. The van der Waals surface area contributed by atoms with Crippen molar-refractivity contribution < 1.29 is 14.5 Å². The van der Waals surface area contributed by atoms with Crippen LogP contribution in [-0.4, -0.2) is 16.9 Å². The molecule has 114 valence electrons. The molecule has 0 aliphatic heterocycles. The molecule has 0 aliphatic rings. The number of nitro benzene ring substituents is 1. The molecule has 0 saturated carbocycles. The lowest BCUT2D eigenvalue weighted by Crippen LogP contribution is -2.30. The topological polar surface area (TPSA) is 81.5 Å². The Balaban J connectivity index is 1.95. The maximum Gasteiger partial charge on any atom is 0.269 e. The minimum Gasteiger partial charge on any atom is -0.481 e. The van der Waals surface area contributed by atoms with E-state index in [0.29, 0.717) is 11.4 Å². The van der Waals surface area contributed by atoms with Crippen LogP contribution in [0.4, 0.5) is 11.4 Å². The summed E-state index contributed by atoms with van der Waals surface area (Å²) in [6.45, 7) is 1.61. The van der Waals surface area contributed by atoms with Crippen LogP contribution < -0.4 is 10.1 Å². The van der Waals surface area contributed by atoms with Gasteiger partial charge in [-0.1, -0.05) is 15.9 Å². The average molecular weight is 365 g/mol. The standard InChI is InChI=1S/C15H13BrN2O4/c1-10(15(19)17-12-4-2-11(16)3-5-12)22-14-8-6-13(7-9-14)18(20)21/h2-10H,1H3,(H,17,19)/t10-/m1/s1. The van der Waals surface area contributed by atoms with Crippen molar-refractivity contribution in [3.8, 4) is 5.75 Å². The molecule has 0 saturated heterocycles. The number of benzene rings is 2. The molecule has 0 bridgehead atoms. The van der Waals surface area contributed by atoms with Gasteiger partial charge in [0, 0.05) is 22.3 Å². The van der Waals surface area contributed by atoms with Gasteiger partial charge in [-0.15, -0.1) is 0 Å². The molecule has 0 aromatic heterocycles. The Morgan fingerprint density at radius 1 is 1.18 bits per heavy atom. The van der Waals surface area contributed by atoms with Crippen LogP contribution in [0, 0.1) is 10.1 Å². The number of nitrogens with zero attached hydrogens (tertiary/aromatic N) is 1. The fraction of sp³-hybridized carbons (Fsp3) is 0.133. The highest BCUT2D eigenvalue weighted by atomic mass is 79.9. The molecule has 22 heavy (non-hydrogen) atoms. The van der Waals surface area contributed by atoms with Crippen molar-refractivity contribution in [3.63, 3.8) is 0 Å². The van der Waals surface area contributed by atoms with Gasteiger partial charge in [-0.3, -0.25) is 14.9 Å². The number of hydrogen-bond acceptors (Lipinski definition) is 4. The van der Waals surface area contributed by atoms with Crippen LogP contribution >= 0.6 is 15.9 Å². The molecule has 6 nitrogen and oxygen atoms in total. The van der Waals surface area contributed by atoms with Gasteiger partial charge in [0.1, 0.15) is 5.75 Å². The zero-order chi connectivity index (χ0) is 16.1. The highest BCUT2D eigenvalue weighted by molar-refractivity contribution is 9.10. The van der Waals surface area contributed by atoms with Crippen molar-refractivity contribution in [2.24, 2.45) is 0 Å². The van der Waals surface area contributed by atoms with Gasteiger partial charge in [-0.25, -0.2) is 0 Å². The first kappa shape index (κ1) is 16.0. The second-order valence-electron chi connectivity index (χ2n) is 4.51. The van der Waals surface area contributed by atoms with Gasteiger partial charge in [-0.2, -0.15) is 0 Å². The second-order valence-corrected chi connectivity index (χ2v) is 5.42. The lowest BCUT2D eigenvalue weighted by atomic mass is 10.3. The fourth-order valence-corrected chi connectivity index (χ4v) is 1.95. The first-order valence-corrected chi connectivity index (χ1v) is 7.22. The summed E-state index contributed by atoms with van der Waals surface area (Å²) in [7, 11) is 0. The summed E-state index contributed by atoms with van der Waals surface area (Å²) in [6, 6.07) is 12.7. The molecule has 0 radical (unpaired) electrons. The van der Waals surface area contributed by atoms with Crippen LogP contribution in [0.1, 0.15) is 6.92 Å². The molecule has 1 N–H and O–H groups in total. The van der Waals surface area contributed by atoms with Gasteiger partial charge in [0.2, 0.25) is 0 Å². The molecule has 0 unspecified atom stereocenters. The van der Waals surface area contributed by atoms with Crippen LogP contribution in [0.3, 0.4) is 0 Å². The summed E-state index contributed by atoms with van der Waals surface area (Å²) >= 11 is 3.32. The number of anilines is 1. The maximum absolute atomic E-state index is 12.0. The molecule has 2 rings (SSSR count). The number of halogens is 1. The Labute approximate surface area is 135 Å². The first-order valence-electron chi connectivity index (χ1n) is 6.43. The minimum atomic E-state index is -0.731. The molecule has 1 amide bonds. The van der Waals surface area contributed by atoms with Crippen LogP contribution in [0.25, 0.3) is 0 Å². The molecule has 2 aromatic rings. The Bertz CT molecular complexity index is 671. The molecular formula is C15H13BrN2O4. The van der Waals surface area contributed by atoms with Crippen LogP contribution in [0.5, 0.6) is 5.75 Å². The van der Waals surface area contributed by atoms with Crippen molar-refractivity contribution in [2.45, 2.75) is 13.0 Å². The predicted molar refractivity (Wildman–Crippen MR) is 86.0 cm³/mol. The van der Waals surface area contributed by atoms with Crippen molar-refractivity contribution in [1.29, 1.82) is 0 Å². The van der Waals surface area contributed by atoms with Gasteiger partial charge in [-0.05, 0) is 43.3 Å². The number of nitro groups is 1. The van der Waals surface area contributed by atoms with Gasteiger partial charge in [0.25, 0.3) is 11.6 Å². The molecule has 0 aliphatic carbocycles. The number of hydrogen-bond donors (Lipinski definition) is 1. The van der Waals surface area contributed by atoms with E-state index in [4.69, 9.17) is 4.74 Å². The van der Waals surface area contributed by atoms with Crippen molar-refractivity contribution in [2.75, 3.05) is 5.32 Å². The van der Waals surface area contributed by atoms with Gasteiger partial charge < -0.3 is 10.1 Å². The SMILES string of the molecule is C[C@@H](Oc1ccc([N+](=O)[O-])cc1)C(=O)Nc1ccc(Br)cc1. The first-order chi connectivity index (χ1) is 10.5. The van der Waals surface area contributed by atoms with Crippen molar-refractivity contribution in [3.05, 3.63) is 63.1 Å². The highest BCUT2D eigenvalue weighted by Gasteiger charge is 2.15. The monoisotopic (exact) mass is 364 g/mol. The van der Waals surface area contributed by atoms with Crippen LogP contribution in [-0.2, 0) is 4.79 Å². The number of carbonyl (C=O) groups excluding carboxylic acids is 1. The second kappa shape index (κ2) is 7.04. The van der Waals surface area contributed by atoms with E-state index in [1.54, 1.807) is 19.1 Å². The summed E-state index contributed by atoms with van der Waals surface area (Å²) in [6.07, 6.45) is -0.731. The van der Waals surface area contributed by atoms with E-state index in [0.717, 1.165) is 4.47 Å². The average Bonchev–Trinajstić information content (AvgIpc) is 2.50. The van der Waals surface area contributed by atoms with Gasteiger partial charge in [0.15, 0.2) is 6.10 Å². The van der Waals surface area contributed by atoms with Crippen LogP contribution in [0.15, 0.2) is 53.0 Å². The zero-order valence-electron chi connectivity index (χ0n) is 11.7. The van der Waals surface area contributed by atoms with E-state index < -0.39 is 11.0 Å². The predicted octanol–water partition coefficient (Wildman–Crippen LogP) is 3.76. The van der Waals surface area contributed by atoms with E-state index in [9.17, 15) is 14.9 Å². The summed E-state index contributed by atoms with van der Waals surface area (Å²) in [5.74, 6) is 0.0877. The molecule has 1 atom stereocenters. The van der Waals surface area contributed by atoms with E-state index in [1.165, 1.54) is 24.3 Å². The Morgan fingerprint density at radius 2 is 1.77 bits per heavy atom. The lowest BCUT2D eigenvalue weighted by molar-refractivity contribution is -0.384. The van der Waals surface area contributed by atoms with Crippen molar-refractivity contribution in [1.82, 2.24) is 0 Å². The van der Waals surface area contributed by atoms with Gasteiger partial charge in [0.05, 0.1) is 4.92 Å². The number of non-ortho nitro benzene ring substituents is 1.